The number of pyridine rings is 1. The molecule has 1 aromatic heterocycles. The molecule has 5 heteroatoms. The summed E-state index contributed by atoms with van der Waals surface area (Å²) in [5.74, 6) is 1.33. The molecule has 0 saturated heterocycles. The van der Waals surface area contributed by atoms with Gasteiger partial charge in [0, 0.05) is 43.9 Å². The first kappa shape index (κ1) is 17.3. The van der Waals surface area contributed by atoms with Crippen LogP contribution in [0.25, 0.3) is 0 Å². The fraction of sp³-hybridized carbons (Fsp3) is 0.400. The number of fused-ring (bicyclic) bond motifs is 1. The van der Waals surface area contributed by atoms with E-state index in [1.165, 1.54) is 0 Å². The van der Waals surface area contributed by atoms with Gasteiger partial charge in [0.1, 0.15) is 5.60 Å². The van der Waals surface area contributed by atoms with E-state index in [0.29, 0.717) is 12.3 Å². The highest BCUT2D eigenvalue weighted by atomic mass is 16.5. The number of nitrogens with zero attached hydrogens (tertiary/aromatic N) is 2. The van der Waals surface area contributed by atoms with Crippen LogP contribution in [0.1, 0.15) is 25.1 Å². The summed E-state index contributed by atoms with van der Waals surface area (Å²) in [5.41, 5.74) is 1.86. The second kappa shape index (κ2) is 7.13. The number of benzene rings is 1. The molecular formula is C20H24N2O3. The number of ether oxygens (including phenoxy) is 2. The Labute approximate surface area is 148 Å². The van der Waals surface area contributed by atoms with Gasteiger partial charge in [-0.1, -0.05) is 18.2 Å². The molecular weight excluding hydrogens is 316 g/mol. The van der Waals surface area contributed by atoms with Crippen LogP contribution in [0.4, 0.5) is 0 Å². The van der Waals surface area contributed by atoms with Crippen molar-refractivity contribution in [1.82, 2.24) is 9.88 Å². The summed E-state index contributed by atoms with van der Waals surface area (Å²) in [4.78, 5) is 18.2. The maximum atomic E-state index is 12.3. The van der Waals surface area contributed by atoms with Crippen molar-refractivity contribution < 1.29 is 14.3 Å². The van der Waals surface area contributed by atoms with Gasteiger partial charge in [-0.05, 0) is 32.0 Å². The molecule has 0 fully saturated rings. The van der Waals surface area contributed by atoms with Crippen molar-refractivity contribution in [3.8, 4) is 11.5 Å². The molecule has 3 rings (SSSR count). The molecule has 0 N–H and O–H groups in total. The van der Waals surface area contributed by atoms with E-state index in [4.69, 9.17) is 9.47 Å². The number of hydrogen-bond acceptors (Lipinski definition) is 4. The lowest BCUT2D eigenvalue weighted by Gasteiger charge is -2.19. The third-order valence-corrected chi connectivity index (χ3v) is 4.26. The maximum Gasteiger partial charge on any atom is 0.260 e. The lowest BCUT2D eigenvalue weighted by atomic mass is 10.0. The van der Waals surface area contributed by atoms with Crippen LogP contribution >= 0.6 is 0 Å². The molecule has 2 aromatic rings. The molecule has 0 spiro atoms. The molecule has 0 radical (unpaired) electrons. The molecule has 0 unspecified atom stereocenters. The van der Waals surface area contributed by atoms with Gasteiger partial charge < -0.3 is 14.4 Å². The predicted molar refractivity (Wildman–Crippen MR) is 95.9 cm³/mol. The highest BCUT2D eigenvalue weighted by Crippen LogP contribution is 2.41. The van der Waals surface area contributed by atoms with Gasteiger partial charge in [-0.2, -0.15) is 0 Å². The molecule has 5 nitrogen and oxygen atoms in total. The maximum absolute atomic E-state index is 12.3. The van der Waals surface area contributed by atoms with Crippen LogP contribution in [0.2, 0.25) is 0 Å². The SMILES string of the molecule is CN(CCc1ccccn1)C(=O)COc1cccc2c1OC(C)(C)C2. The minimum absolute atomic E-state index is 0.00103. The highest BCUT2D eigenvalue weighted by molar-refractivity contribution is 5.77. The van der Waals surface area contributed by atoms with Crippen molar-refractivity contribution in [1.29, 1.82) is 0 Å². The summed E-state index contributed by atoms with van der Waals surface area (Å²) in [7, 11) is 1.78. The molecule has 0 aliphatic carbocycles. The Kier molecular flexibility index (Phi) is 4.93. The zero-order valence-corrected chi connectivity index (χ0v) is 15.0. The van der Waals surface area contributed by atoms with Crippen molar-refractivity contribution in [2.75, 3.05) is 20.2 Å². The van der Waals surface area contributed by atoms with E-state index in [1.54, 1.807) is 18.1 Å². The Hall–Kier alpha value is -2.56. The van der Waals surface area contributed by atoms with Crippen LogP contribution in [0.15, 0.2) is 42.6 Å². The van der Waals surface area contributed by atoms with Crippen LogP contribution in [0.3, 0.4) is 0 Å². The van der Waals surface area contributed by atoms with Gasteiger partial charge in [-0.3, -0.25) is 9.78 Å². The summed E-state index contributed by atoms with van der Waals surface area (Å²) < 4.78 is 11.7. The third kappa shape index (κ3) is 4.29. The molecule has 0 atom stereocenters. The van der Waals surface area contributed by atoms with E-state index in [2.05, 4.69) is 4.98 Å². The number of aromatic nitrogens is 1. The van der Waals surface area contributed by atoms with Gasteiger partial charge in [0.15, 0.2) is 18.1 Å². The Bertz CT molecular complexity index is 744. The van der Waals surface area contributed by atoms with E-state index >= 15 is 0 Å². The van der Waals surface area contributed by atoms with Gasteiger partial charge in [0.25, 0.3) is 5.91 Å². The summed E-state index contributed by atoms with van der Waals surface area (Å²) in [5, 5.41) is 0. The summed E-state index contributed by atoms with van der Waals surface area (Å²) in [6, 6.07) is 11.6. The first-order valence-corrected chi connectivity index (χ1v) is 8.52. The average Bonchev–Trinajstić information content (AvgIpc) is 2.92. The van der Waals surface area contributed by atoms with Gasteiger partial charge in [-0.25, -0.2) is 0 Å². The van der Waals surface area contributed by atoms with Crippen LogP contribution < -0.4 is 9.47 Å². The molecule has 1 aliphatic rings. The molecule has 0 bridgehead atoms. The van der Waals surface area contributed by atoms with Crippen molar-refractivity contribution in [2.24, 2.45) is 0 Å². The van der Waals surface area contributed by atoms with Crippen LogP contribution in [-0.2, 0) is 17.6 Å². The van der Waals surface area contributed by atoms with Gasteiger partial charge in [0.2, 0.25) is 0 Å². The average molecular weight is 340 g/mol. The number of carbonyl (C=O) groups excluding carboxylic acids is 1. The van der Waals surface area contributed by atoms with Crippen molar-refractivity contribution >= 4 is 5.91 Å². The van der Waals surface area contributed by atoms with E-state index < -0.39 is 0 Å². The first-order valence-electron chi connectivity index (χ1n) is 8.52. The molecule has 1 aromatic carbocycles. The van der Waals surface area contributed by atoms with Crippen molar-refractivity contribution in [3.05, 3.63) is 53.9 Å². The quantitative estimate of drug-likeness (QED) is 0.811. The van der Waals surface area contributed by atoms with Gasteiger partial charge >= 0.3 is 0 Å². The third-order valence-electron chi connectivity index (χ3n) is 4.26. The second-order valence-electron chi connectivity index (χ2n) is 6.96. The van der Waals surface area contributed by atoms with E-state index in [9.17, 15) is 4.79 Å². The molecule has 2 heterocycles. The van der Waals surface area contributed by atoms with Gasteiger partial charge in [0.05, 0.1) is 0 Å². The second-order valence-corrected chi connectivity index (χ2v) is 6.96. The van der Waals surface area contributed by atoms with E-state index in [-0.39, 0.29) is 18.1 Å². The summed E-state index contributed by atoms with van der Waals surface area (Å²) in [6.45, 7) is 4.70. The number of rotatable bonds is 6. The normalized spacial score (nSPS) is 14.5. The Morgan fingerprint density at radius 2 is 2.12 bits per heavy atom. The standard InChI is InChI=1S/C20H24N2O3/c1-20(2)13-15-7-6-9-17(19(15)25-20)24-14-18(23)22(3)12-10-16-8-4-5-11-21-16/h4-9,11H,10,12-14H2,1-3H3. The zero-order chi connectivity index (χ0) is 17.9. The van der Waals surface area contributed by atoms with Gasteiger partial charge in [-0.15, -0.1) is 0 Å². The molecule has 1 amide bonds. The largest absolute Gasteiger partial charge is 0.483 e. The predicted octanol–water partition coefficient (Wildman–Crippen LogP) is 2.88. The Morgan fingerprint density at radius 3 is 2.88 bits per heavy atom. The van der Waals surface area contributed by atoms with E-state index in [1.807, 2.05) is 50.2 Å². The molecule has 25 heavy (non-hydrogen) atoms. The highest BCUT2D eigenvalue weighted by Gasteiger charge is 2.32. The number of hydrogen-bond donors (Lipinski definition) is 0. The minimum atomic E-state index is -0.231. The monoisotopic (exact) mass is 340 g/mol. The summed E-state index contributed by atoms with van der Waals surface area (Å²) >= 11 is 0. The minimum Gasteiger partial charge on any atom is -0.483 e. The number of carbonyl (C=O) groups is 1. The Balaban J connectivity index is 1.54. The topological polar surface area (TPSA) is 51.7 Å². The smallest absolute Gasteiger partial charge is 0.260 e. The number of para-hydroxylation sites is 1. The summed E-state index contributed by atoms with van der Waals surface area (Å²) in [6.07, 6.45) is 3.33. The van der Waals surface area contributed by atoms with Crippen LogP contribution in [-0.4, -0.2) is 41.6 Å². The van der Waals surface area contributed by atoms with Crippen LogP contribution in [0, 0.1) is 0 Å². The number of amides is 1. The molecule has 1 aliphatic heterocycles. The zero-order valence-electron chi connectivity index (χ0n) is 15.0. The van der Waals surface area contributed by atoms with Crippen molar-refractivity contribution in [2.45, 2.75) is 32.3 Å². The fourth-order valence-corrected chi connectivity index (χ4v) is 2.90. The lowest BCUT2D eigenvalue weighted by Crippen LogP contribution is -2.33. The fourth-order valence-electron chi connectivity index (χ4n) is 2.90. The Morgan fingerprint density at radius 1 is 1.28 bits per heavy atom. The molecule has 132 valence electrons. The van der Waals surface area contributed by atoms with Crippen molar-refractivity contribution in [3.63, 3.8) is 0 Å². The first-order chi connectivity index (χ1) is 11.9. The number of likely N-dealkylation sites (N-methyl/N-ethyl adjacent to an activating group) is 1. The van der Waals surface area contributed by atoms with E-state index in [0.717, 1.165) is 29.8 Å². The van der Waals surface area contributed by atoms with Crippen LogP contribution in [0.5, 0.6) is 11.5 Å². The lowest BCUT2D eigenvalue weighted by molar-refractivity contribution is -0.132. The molecule has 0 saturated carbocycles.